The maximum Gasteiger partial charge on any atom is 0.309 e. The predicted molar refractivity (Wildman–Crippen MR) is 119 cm³/mol. The summed E-state index contributed by atoms with van der Waals surface area (Å²) in [6.07, 6.45) is 0. The van der Waals surface area contributed by atoms with Crippen molar-refractivity contribution in [1.82, 2.24) is 20.4 Å². The Morgan fingerprint density at radius 3 is 2.40 bits per heavy atom. The van der Waals surface area contributed by atoms with Crippen molar-refractivity contribution in [2.75, 3.05) is 40.3 Å². The molecule has 0 unspecified atom stereocenters. The third-order valence-corrected chi connectivity index (χ3v) is 6.36. The second-order valence-corrected chi connectivity index (χ2v) is 8.57. The van der Waals surface area contributed by atoms with Crippen molar-refractivity contribution in [2.45, 2.75) is 25.6 Å². The summed E-state index contributed by atoms with van der Waals surface area (Å²) < 4.78 is 5.13. The molecule has 3 rings (SSSR count). The molecule has 7 nitrogen and oxygen atoms in total. The van der Waals surface area contributed by atoms with Gasteiger partial charge in [-0.2, -0.15) is 0 Å². The largest absolute Gasteiger partial charge is 0.497 e. The number of methoxy groups -OCH3 is 1. The van der Waals surface area contributed by atoms with E-state index in [0.29, 0.717) is 0 Å². The van der Waals surface area contributed by atoms with Crippen molar-refractivity contribution >= 4 is 23.2 Å². The number of carbonyl (C=O) groups is 2. The molecular weight excluding hydrogens is 400 g/mol. The Labute approximate surface area is 182 Å². The summed E-state index contributed by atoms with van der Waals surface area (Å²) >= 11 is 1.68. The molecule has 1 aromatic heterocycles. The third-order valence-electron chi connectivity index (χ3n) is 5.42. The fourth-order valence-corrected chi connectivity index (χ4v) is 4.62. The van der Waals surface area contributed by atoms with Gasteiger partial charge in [0.1, 0.15) is 5.75 Å². The number of amides is 2. The van der Waals surface area contributed by atoms with E-state index in [1.165, 1.54) is 4.88 Å². The van der Waals surface area contributed by atoms with Crippen LogP contribution in [-0.2, 0) is 16.1 Å². The molecule has 162 valence electrons. The minimum absolute atomic E-state index is 0.0528. The first-order valence-corrected chi connectivity index (χ1v) is 11.0. The molecule has 1 aromatic carbocycles. The Morgan fingerprint density at radius 2 is 1.80 bits per heavy atom. The van der Waals surface area contributed by atoms with Crippen LogP contribution in [-0.4, -0.2) is 68.0 Å². The molecule has 2 atom stereocenters. The van der Waals surface area contributed by atoms with Crippen LogP contribution in [0.5, 0.6) is 5.75 Å². The zero-order valence-corrected chi connectivity index (χ0v) is 18.6. The minimum Gasteiger partial charge on any atom is -0.497 e. The molecule has 0 aliphatic carbocycles. The number of hydrogen-bond acceptors (Lipinski definition) is 6. The lowest BCUT2D eigenvalue weighted by atomic mass is 10.0. The van der Waals surface area contributed by atoms with E-state index in [1.54, 1.807) is 18.4 Å². The Kier molecular flexibility index (Phi) is 7.84. The first kappa shape index (κ1) is 22.3. The quantitative estimate of drug-likeness (QED) is 0.656. The highest BCUT2D eigenvalue weighted by Gasteiger charge is 2.31. The van der Waals surface area contributed by atoms with Crippen LogP contribution in [0.3, 0.4) is 0 Å². The van der Waals surface area contributed by atoms with Gasteiger partial charge in [-0.15, -0.1) is 11.3 Å². The van der Waals surface area contributed by atoms with Gasteiger partial charge in [-0.3, -0.25) is 14.5 Å². The number of nitrogens with one attached hydrogen (secondary N) is 2. The highest BCUT2D eigenvalue weighted by molar-refractivity contribution is 7.10. The molecule has 2 N–H and O–H groups in total. The minimum atomic E-state index is -0.624. The normalized spacial score (nSPS) is 17.2. The summed E-state index contributed by atoms with van der Waals surface area (Å²) in [4.78, 5) is 30.8. The average Bonchev–Trinajstić information content (AvgIpc) is 3.28. The molecular formula is C22H30N4O3S. The van der Waals surface area contributed by atoms with Crippen LogP contribution in [0, 0.1) is 0 Å². The van der Waals surface area contributed by atoms with Crippen LogP contribution >= 0.6 is 11.3 Å². The van der Waals surface area contributed by atoms with Gasteiger partial charge in [0.2, 0.25) is 0 Å². The molecule has 2 aromatic rings. The lowest BCUT2D eigenvalue weighted by Crippen LogP contribution is -2.53. The fraction of sp³-hybridized carbons (Fsp3) is 0.455. The second-order valence-electron chi connectivity index (χ2n) is 7.59. The van der Waals surface area contributed by atoms with Crippen LogP contribution in [0.25, 0.3) is 0 Å². The van der Waals surface area contributed by atoms with Crippen LogP contribution in [0.4, 0.5) is 0 Å². The van der Waals surface area contributed by atoms with E-state index in [1.807, 2.05) is 37.3 Å². The molecule has 8 heteroatoms. The molecule has 1 aliphatic rings. The van der Waals surface area contributed by atoms with Crippen molar-refractivity contribution < 1.29 is 14.3 Å². The number of ether oxygens (including phenoxy) is 1. The summed E-state index contributed by atoms with van der Waals surface area (Å²) in [7, 11) is 3.73. The van der Waals surface area contributed by atoms with Crippen molar-refractivity contribution in [1.29, 1.82) is 0 Å². The molecule has 0 radical (unpaired) electrons. The molecule has 30 heavy (non-hydrogen) atoms. The van der Waals surface area contributed by atoms with Crippen molar-refractivity contribution in [3.05, 3.63) is 52.2 Å². The van der Waals surface area contributed by atoms with Gasteiger partial charge in [0.15, 0.2) is 0 Å². The SMILES string of the molecule is COc1ccc(CNC(=O)C(=O)N[C@@H](C)[C@H](c2cccs2)N2CCN(C)CC2)cc1. The summed E-state index contributed by atoms with van der Waals surface area (Å²) in [5.74, 6) is -0.479. The van der Waals surface area contributed by atoms with Gasteiger partial charge in [0.25, 0.3) is 0 Å². The van der Waals surface area contributed by atoms with E-state index >= 15 is 0 Å². The van der Waals surface area contributed by atoms with E-state index < -0.39 is 11.8 Å². The molecule has 0 saturated carbocycles. The summed E-state index contributed by atoms with van der Waals surface area (Å²) in [5.41, 5.74) is 0.902. The van der Waals surface area contributed by atoms with Crippen molar-refractivity contribution in [3.8, 4) is 5.75 Å². The maximum absolute atomic E-state index is 12.5. The van der Waals surface area contributed by atoms with Crippen molar-refractivity contribution in [2.24, 2.45) is 0 Å². The molecule has 0 spiro atoms. The number of likely N-dealkylation sites (N-methyl/N-ethyl adjacent to an activating group) is 1. The van der Waals surface area contributed by atoms with E-state index in [0.717, 1.165) is 37.5 Å². The number of carbonyl (C=O) groups excluding carboxylic acids is 2. The lowest BCUT2D eigenvalue weighted by molar-refractivity contribution is -0.140. The smallest absolute Gasteiger partial charge is 0.309 e. The van der Waals surface area contributed by atoms with Gasteiger partial charge in [-0.1, -0.05) is 18.2 Å². The summed E-state index contributed by atoms with van der Waals surface area (Å²) in [6.45, 7) is 6.11. The summed E-state index contributed by atoms with van der Waals surface area (Å²) in [5, 5.41) is 7.65. The van der Waals surface area contributed by atoms with E-state index in [9.17, 15) is 9.59 Å². The zero-order chi connectivity index (χ0) is 21.5. The van der Waals surface area contributed by atoms with Gasteiger partial charge in [0.05, 0.1) is 13.2 Å². The third kappa shape index (κ3) is 5.81. The van der Waals surface area contributed by atoms with Gasteiger partial charge in [0, 0.05) is 43.6 Å². The van der Waals surface area contributed by atoms with Crippen molar-refractivity contribution in [3.63, 3.8) is 0 Å². The van der Waals surface area contributed by atoms with Crippen LogP contribution in [0.15, 0.2) is 41.8 Å². The fourth-order valence-electron chi connectivity index (χ4n) is 3.66. The lowest BCUT2D eigenvalue weighted by Gasteiger charge is -2.40. The van der Waals surface area contributed by atoms with Crippen LogP contribution in [0.1, 0.15) is 23.4 Å². The highest BCUT2D eigenvalue weighted by atomic mass is 32.1. The van der Waals surface area contributed by atoms with E-state index in [-0.39, 0.29) is 18.6 Å². The topological polar surface area (TPSA) is 73.9 Å². The standard InChI is InChI=1S/C22H30N4O3S/c1-16(20(19-5-4-14-30-19)26-12-10-25(2)11-13-26)24-22(28)21(27)23-15-17-6-8-18(29-3)9-7-17/h4-9,14,16,20H,10-13,15H2,1-3H3,(H,23,27)(H,24,28)/t16-,20+/m0/s1. The molecule has 1 fully saturated rings. The second kappa shape index (κ2) is 10.6. The van der Waals surface area contributed by atoms with Gasteiger partial charge >= 0.3 is 11.8 Å². The number of piperazine rings is 1. The molecule has 1 aliphatic heterocycles. The first-order valence-electron chi connectivity index (χ1n) is 10.2. The number of rotatable bonds is 7. The zero-order valence-electron chi connectivity index (χ0n) is 17.8. The molecule has 1 saturated heterocycles. The molecule has 0 bridgehead atoms. The number of thiophene rings is 1. The van der Waals surface area contributed by atoms with E-state index in [4.69, 9.17) is 4.74 Å². The van der Waals surface area contributed by atoms with Crippen LogP contribution < -0.4 is 15.4 Å². The number of nitrogens with zero attached hydrogens (tertiary/aromatic N) is 2. The van der Waals surface area contributed by atoms with Gasteiger partial charge < -0.3 is 20.3 Å². The maximum atomic E-state index is 12.5. The molecule has 2 amide bonds. The monoisotopic (exact) mass is 430 g/mol. The Bertz CT molecular complexity index is 817. The van der Waals surface area contributed by atoms with E-state index in [2.05, 4.69) is 38.9 Å². The Balaban J connectivity index is 1.57. The predicted octanol–water partition coefficient (Wildman–Crippen LogP) is 1.87. The summed E-state index contributed by atoms with van der Waals surface area (Å²) in [6, 6.07) is 11.4. The van der Waals surface area contributed by atoms with Crippen LogP contribution in [0.2, 0.25) is 0 Å². The average molecular weight is 431 g/mol. The van der Waals surface area contributed by atoms with Gasteiger partial charge in [-0.05, 0) is 43.1 Å². The number of benzene rings is 1. The number of hydrogen-bond donors (Lipinski definition) is 2. The Hall–Kier alpha value is -2.42. The molecule has 2 heterocycles. The highest BCUT2D eigenvalue weighted by Crippen LogP contribution is 2.29. The van der Waals surface area contributed by atoms with Gasteiger partial charge in [-0.25, -0.2) is 0 Å². The first-order chi connectivity index (χ1) is 14.5. The Morgan fingerprint density at radius 1 is 1.10 bits per heavy atom.